The Balaban J connectivity index is 1.62. The molecule has 2 heterocycles. The van der Waals surface area contributed by atoms with Gasteiger partial charge in [-0.2, -0.15) is 5.26 Å². The number of alkyl carbamates (subject to hydrolysis) is 1. The van der Waals surface area contributed by atoms with Gasteiger partial charge in [0.25, 0.3) is 0 Å². The van der Waals surface area contributed by atoms with Crippen LogP contribution in [-0.2, 0) is 11.2 Å². The molecule has 2 aliphatic heterocycles. The summed E-state index contributed by atoms with van der Waals surface area (Å²) in [5.74, 6) is 0. The predicted octanol–water partition coefficient (Wildman–Crippen LogP) is 4.27. The number of hydrogen-bond acceptors (Lipinski definition) is 4. The largest absolute Gasteiger partial charge is 0.441 e. The van der Waals surface area contributed by atoms with Crippen molar-refractivity contribution in [2.75, 3.05) is 18.0 Å². The van der Waals surface area contributed by atoms with Crippen molar-refractivity contribution in [3.63, 3.8) is 0 Å². The topological polar surface area (TPSA) is 65.4 Å². The number of carbonyl (C=O) groups is 1. The molecule has 142 valence electrons. The lowest BCUT2D eigenvalue weighted by Crippen LogP contribution is -2.47. The molecule has 5 nitrogen and oxygen atoms in total. The minimum atomic E-state index is -0.353. The first-order valence-corrected chi connectivity index (χ1v) is 9.94. The van der Waals surface area contributed by atoms with Gasteiger partial charge in [0, 0.05) is 18.4 Å². The fraction of sp³-hybridized carbons (Fsp3) is 0.545. The molecule has 5 heteroatoms. The molecule has 4 rings (SSSR count). The van der Waals surface area contributed by atoms with Gasteiger partial charge in [-0.05, 0) is 68.1 Å². The highest BCUT2D eigenvalue weighted by molar-refractivity contribution is 5.70. The van der Waals surface area contributed by atoms with Gasteiger partial charge in [0.2, 0.25) is 0 Å². The summed E-state index contributed by atoms with van der Waals surface area (Å²) in [7, 11) is 0. The number of hydrogen-bond donors (Lipinski definition) is 1. The molecule has 27 heavy (non-hydrogen) atoms. The van der Waals surface area contributed by atoms with Gasteiger partial charge in [-0.15, -0.1) is 0 Å². The van der Waals surface area contributed by atoms with Crippen molar-refractivity contribution in [3.05, 3.63) is 41.6 Å². The molecule has 3 aliphatic rings. The Bertz CT molecular complexity index is 812. The van der Waals surface area contributed by atoms with Crippen LogP contribution in [0.5, 0.6) is 0 Å². The Morgan fingerprint density at radius 3 is 3.00 bits per heavy atom. The monoisotopic (exact) mass is 365 g/mol. The summed E-state index contributed by atoms with van der Waals surface area (Å²) >= 11 is 0. The number of fused-ring (bicyclic) bond motifs is 1. The van der Waals surface area contributed by atoms with Crippen molar-refractivity contribution in [1.29, 1.82) is 5.26 Å². The van der Waals surface area contributed by atoms with E-state index < -0.39 is 0 Å². The minimum Gasteiger partial charge on any atom is -0.441 e. The first kappa shape index (κ1) is 17.9. The molecular weight excluding hydrogens is 338 g/mol. The van der Waals surface area contributed by atoms with Crippen LogP contribution in [0.1, 0.15) is 56.6 Å². The Labute approximate surface area is 161 Å². The zero-order valence-electron chi connectivity index (χ0n) is 16.0. The predicted molar refractivity (Wildman–Crippen MR) is 104 cm³/mol. The third-order valence-corrected chi connectivity index (χ3v) is 6.20. The van der Waals surface area contributed by atoms with E-state index in [1.807, 2.05) is 12.1 Å². The van der Waals surface area contributed by atoms with Crippen molar-refractivity contribution >= 4 is 11.8 Å². The highest BCUT2D eigenvalue weighted by atomic mass is 16.6. The number of nitrogens with zero attached hydrogens (tertiary/aromatic N) is 2. The van der Waals surface area contributed by atoms with Crippen LogP contribution in [-0.4, -0.2) is 24.8 Å². The molecule has 1 aromatic rings. The average molecular weight is 365 g/mol. The van der Waals surface area contributed by atoms with Crippen molar-refractivity contribution in [1.82, 2.24) is 5.32 Å². The number of aryl methyl sites for hydroxylation is 1. The van der Waals surface area contributed by atoms with Crippen LogP contribution in [0.4, 0.5) is 10.5 Å². The van der Waals surface area contributed by atoms with Gasteiger partial charge in [-0.3, -0.25) is 0 Å². The summed E-state index contributed by atoms with van der Waals surface area (Å²) in [5, 5.41) is 12.2. The molecule has 0 aromatic heterocycles. The van der Waals surface area contributed by atoms with Gasteiger partial charge in [0.15, 0.2) is 0 Å². The quantitative estimate of drug-likeness (QED) is 0.850. The molecule has 2 fully saturated rings. The Hall–Kier alpha value is -2.48. The van der Waals surface area contributed by atoms with Crippen LogP contribution in [0.3, 0.4) is 0 Å². The molecule has 0 bridgehead atoms. The number of carbonyl (C=O) groups excluding carboxylic acids is 1. The van der Waals surface area contributed by atoms with E-state index in [0.29, 0.717) is 12.1 Å². The Morgan fingerprint density at radius 1 is 1.33 bits per heavy atom. The van der Waals surface area contributed by atoms with Gasteiger partial charge in [0.05, 0.1) is 18.2 Å². The third-order valence-electron chi connectivity index (χ3n) is 6.20. The minimum absolute atomic E-state index is 0.0496. The maximum Gasteiger partial charge on any atom is 0.407 e. The van der Waals surface area contributed by atoms with E-state index in [1.54, 1.807) is 0 Å². The summed E-state index contributed by atoms with van der Waals surface area (Å²) in [5.41, 5.74) is 2.85. The first-order chi connectivity index (χ1) is 13.0. The number of rotatable bonds is 2. The third kappa shape index (κ3) is 3.66. The van der Waals surface area contributed by atoms with E-state index in [9.17, 15) is 10.1 Å². The summed E-state index contributed by atoms with van der Waals surface area (Å²) in [4.78, 5) is 14.0. The fourth-order valence-corrected chi connectivity index (χ4v) is 5.02. The van der Waals surface area contributed by atoms with E-state index in [1.165, 1.54) is 5.56 Å². The number of allylic oxidation sites excluding steroid dienone is 1. The van der Waals surface area contributed by atoms with Crippen LogP contribution in [0.25, 0.3) is 0 Å². The molecule has 0 unspecified atom stereocenters. The van der Waals surface area contributed by atoms with Gasteiger partial charge in [-0.25, -0.2) is 4.79 Å². The summed E-state index contributed by atoms with van der Waals surface area (Å²) < 4.78 is 5.70. The standard InChI is InChI=1S/C22H27N3O2/c1-21(9-5-10-22(14-21)15-24-20(26)27-22)16-25-11-4-2-3-6-18-8-7-17(13-23)12-19(18)25/h4,7-8,11-12H,2-3,5-6,9-10,14-16H2,1H3,(H,24,26)/b11-4+/t21-,22-/m0/s1. The highest BCUT2D eigenvalue weighted by Gasteiger charge is 2.48. The Kier molecular flexibility index (Phi) is 4.59. The van der Waals surface area contributed by atoms with Crippen molar-refractivity contribution in [2.45, 2.75) is 57.5 Å². The lowest BCUT2D eigenvalue weighted by molar-refractivity contribution is -0.0184. The summed E-state index contributed by atoms with van der Waals surface area (Å²) in [6.45, 7) is 3.79. The smallest absolute Gasteiger partial charge is 0.407 e. The summed E-state index contributed by atoms with van der Waals surface area (Å²) in [6.07, 6.45) is 11.4. The highest BCUT2D eigenvalue weighted by Crippen LogP contribution is 2.46. The van der Waals surface area contributed by atoms with Crippen LogP contribution >= 0.6 is 0 Å². The van der Waals surface area contributed by atoms with Crippen molar-refractivity contribution in [2.24, 2.45) is 5.41 Å². The van der Waals surface area contributed by atoms with E-state index in [-0.39, 0.29) is 17.1 Å². The van der Waals surface area contributed by atoms with Crippen LogP contribution in [0.2, 0.25) is 0 Å². The van der Waals surface area contributed by atoms with Gasteiger partial charge < -0.3 is 15.0 Å². The molecule has 1 aromatic carbocycles. The molecule has 1 N–H and O–H groups in total. The molecule has 1 saturated heterocycles. The van der Waals surface area contributed by atoms with Crippen LogP contribution in [0, 0.1) is 16.7 Å². The maximum absolute atomic E-state index is 11.6. The van der Waals surface area contributed by atoms with E-state index >= 15 is 0 Å². The number of benzene rings is 1. The van der Waals surface area contributed by atoms with Crippen LogP contribution in [0.15, 0.2) is 30.5 Å². The lowest BCUT2D eigenvalue weighted by atomic mass is 9.68. The fourth-order valence-electron chi connectivity index (χ4n) is 5.02. The number of amides is 1. The number of anilines is 1. The second-order valence-electron chi connectivity index (χ2n) is 8.63. The van der Waals surface area contributed by atoms with Gasteiger partial charge in [0.1, 0.15) is 5.60 Å². The molecule has 2 atom stereocenters. The molecule has 1 spiro atoms. The van der Waals surface area contributed by atoms with Crippen LogP contribution < -0.4 is 10.2 Å². The Morgan fingerprint density at radius 2 is 2.22 bits per heavy atom. The van der Waals surface area contributed by atoms with Gasteiger partial charge >= 0.3 is 6.09 Å². The van der Waals surface area contributed by atoms with Crippen molar-refractivity contribution in [3.8, 4) is 6.07 Å². The maximum atomic E-state index is 11.6. The van der Waals surface area contributed by atoms with E-state index in [4.69, 9.17) is 4.74 Å². The second-order valence-corrected chi connectivity index (χ2v) is 8.63. The second kappa shape index (κ2) is 6.92. The van der Waals surface area contributed by atoms with Gasteiger partial charge in [-0.1, -0.05) is 19.1 Å². The molecule has 0 radical (unpaired) electrons. The zero-order chi connectivity index (χ0) is 18.9. The number of nitrogens with one attached hydrogen (secondary N) is 1. The summed E-state index contributed by atoms with van der Waals surface area (Å²) in [6, 6.07) is 8.32. The molecule has 1 amide bonds. The zero-order valence-corrected chi connectivity index (χ0v) is 16.0. The normalized spacial score (nSPS) is 31.3. The van der Waals surface area contributed by atoms with E-state index in [0.717, 1.165) is 57.2 Å². The molecule has 1 aliphatic carbocycles. The van der Waals surface area contributed by atoms with Crippen molar-refractivity contribution < 1.29 is 9.53 Å². The lowest BCUT2D eigenvalue weighted by Gasteiger charge is -2.45. The SMILES string of the molecule is C[C@]1(CN2/C=C/CCCc3ccc(C#N)cc32)CCC[C@@]2(CNC(=O)O2)C1. The van der Waals surface area contributed by atoms with E-state index in [2.05, 4.69) is 41.6 Å². The number of nitriles is 1. The average Bonchev–Trinajstić information content (AvgIpc) is 2.98. The molecule has 1 saturated carbocycles. The first-order valence-electron chi connectivity index (χ1n) is 9.94. The molecular formula is C22H27N3O2. The number of ether oxygens (including phenoxy) is 1.